The van der Waals surface area contributed by atoms with Crippen molar-refractivity contribution >= 4 is 23.1 Å². The van der Waals surface area contributed by atoms with Crippen molar-refractivity contribution in [2.45, 2.75) is 39.2 Å². The third-order valence-electron chi connectivity index (χ3n) is 5.82. The van der Waals surface area contributed by atoms with Crippen LogP contribution in [-0.4, -0.2) is 37.1 Å². The maximum absolute atomic E-state index is 12.7. The van der Waals surface area contributed by atoms with Crippen molar-refractivity contribution in [3.8, 4) is 33.1 Å². The Morgan fingerprint density at radius 3 is 2.53 bits per heavy atom. The first kappa shape index (κ1) is 27.6. The molecule has 0 bridgehead atoms. The molecule has 0 unspecified atom stereocenters. The van der Waals surface area contributed by atoms with Crippen molar-refractivity contribution < 1.29 is 32.4 Å². The van der Waals surface area contributed by atoms with E-state index in [1.165, 1.54) is 11.5 Å². The van der Waals surface area contributed by atoms with Gasteiger partial charge in [0.05, 0.1) is 24.8 Å². The molecule has 184 valence electrons. The third-order valence-corrected chi connectivity index (χ3v) is 6.67. The van der Waals surface area contributed by atoms with Crippen LogP contribution in [0.15, 0.2) is 36.5 Å². The third kappa shape index (κ3) is 6.27. The van der Waals surface area contributed by atoms with Gasteiger partial charge in [-0.3, -0.25) is 4.79 Å². The molecule has 0 aliphatic rings. The fraction of sp³-hybridized carbons (Fsp3) is 0.360. The largest absolute Gasteiger partial charge is 1.00 e. The van der Waals surface area contributed by atoms with Gasteiger partial charge in [0.1, 0.15) is 11.5 Å². The second-order valence-electron chi connectivity index (χ2n) is 8.07. The Hall–Kier alpha value is -2.65. The lowest BCUT2D eigenvalue weighted by Crippen LogP contribution is -3.00. The number of carbonyl (C=O) groups is 1. The molecule has 3 rings (SSSR count). The Morgan fingerprint density at radius 1 is 1.12 bits per heavy atom. The van der Waals surface area contributed by atoms with E-state index in [1.807, 2.05) is 30.5 Å². The monoisotopic (exact) mass is 504 g/mol. The Bertz CT molecular complexity index is 1120. The number of hydrogen-bond acceptors (Lipinski definition) is 6. The van der Waals surface area contributed by atoms with E-state index < -0.39 is 0 Å². The van der Waals surface area contributed by atoms with Crippen molar-refractivity contribution in [3.05, 3.63) is 47.7 Å². The Labute approximate surface area is 211 Å². The summed E-state index contributed by atoms with van der Waals surface area (Å²) in [6.45, 7) is 4.75. The summed E-state index contributed by atoms with van der Waals surface area (Å²) in [5, 5.41) is 2.99. The number of aryl methyl sites for hydroxylation is 1. The zero-order valence-electron chi connectivity index (χ0n) is 20.1. The fourth-order valence-electron chi connectivity index (χ4n) is 3.70. The van der Waals surface area contributed by atoms with Crippen molar-refractivity contribution in [1.29, 1.82) is 0 Å². The maximum atomic E-state index is 12.7. The standard InChI is InChI=1S/C25H32N4O3S.ClH/c1-15-11-18(13-23(32-4)16(15)2)24-19(14-28-33-24)17-8-9-22(31-3)21(12-17)29-25(30)20(27)7-5-6-10-26;/h8-9,11-14,20H,5-7,10,26-27H2,1-4H3,(H,29,30);1H/t20-;/m0./s1. The van der Waals surface area contributed by atoms with E-state index in [4.69, 9.17) is 15.2 Å². The number of nitrogens with two attached hydrogens (primary N) is 1. The molecule has 0 fully saturated rings. The number of anilines is 1. The quantitative estimate of drug-likeness (QED) is 0.353. The van der Waals surface area contributed by atoms with Gasteiger partial charge in [-0.25, -0.2) is 0 Å². The number of nitrogens with one attached hydrogen (secondary N) is 1. The normalized spacial score (nSPS) is 11.5. The Morgan fingerprint density at radius 2 is 1.85 bits per heavy atom. The number of hydrogen-bond donors (Lipinski definition) is 3. The van der Waals surface area contributed by atoms with Crippen molar-refractivity contribution in [3.63, 3.8) is 0 Å². The van der Waals surface area contributed by atoms with Crippen LogP contribution in [0.2, 0.25) is 0 Å². The van der Waals surface area contributed by atoms with Crippen LogP contribution in [0.4, 0.5) is 5.69 Å². The molecule has 9 heteroatoms. The molecule has 0 spiro atoms. The summed E-state index contributed by atoms with van der Waals surface area (Å²) >= 11 is 1.43. The van der Waals surface area contributed by atoms with Gasteiger partial charge in [0.25, 0.3) is 5.91 Å². The van der Waals surface area contributed by atoms with Crippen LogP contribution < -0.4 is 38.7 Å². The van der Waals surface area contributed by atoms with Gasteiger partial charge >= 0.3 is 0 Å². The lowest BCUT2D eigenvalue weighted by molar-refractivity contribution is -0.404. The maximum Gasteiger partial charge on any atom is 0.282 e. The molecule has 1 heterocycles. The summed E-state index contributed by atoms with van der Waals surface area (Å²) in [5.41, 5.74) is 15.4. The Kier molecular flexibility index (Phi) is 10.3. The molecule has 1 aromatic heterocycles. The summed E-state index contributed by atoms with van der Waals surface area (Å²) in [4.78, 5) is 13.8. The van der Waals surface area contributed by atoms with E-state index in [0.29, 0.717) is 24.4 Å². The molecule has 0 saturated heterocycles. The highest BCUT2D eigenvalue weighted by atomic mass is 35.5. The van der Waals surface area contributed by atoms with Crippen LogP contribution in [0, 0.1) is 13.8 Å². The summed E-state index contributed by atoms with van der Waals surface area (Å²) in [5.74, 6) is 1.31. The number of rotatable bonds is 10. The molecule has 0 aliphatic carbocycles. The number of unbranched alkanes of at least 4 members (excludes halogenated alkanes) is 1. The van der Waals surface area contributed by atoms with Gasteiger partial charge in [-0.1, -0.05) is 12.1 Å². The first-order valence-electron chi connectivity index (χ1n) is 11.0. The van der Waals surface area contributed by atoms with Gasteiger partial charge in [-0.05, 0) is 85.2 Å². The number of carbonyl (C=O) groups excluding carboxylic acids is 1. The van der Waals surface area contributed by atoms with Crippen LogP contribution in [0.25, 0.3) is 21.6 Å². The highest BCUT2D eigenvalue weighted by molar-refractivity contribution is 7.10. The predicted molar refractivity (Wildman–Crippen MR) is 134 cm³/mol. The summed E-state index contributed by atoms with van der Waals surface area (Å²) in [7, 11) is 3.27. The molecule has 0 aliphatic heterocycles. The number of aromatic nitrogens is 1. The van der Waals surface area contributed by atoms with Crippen molar-refractivity contribution in [2.75, 3.05) is 26.1 Å². The zero-order chi connectivity index (χ0) is 24.0. The molecular formula is C25H33ClN4O3S. The zero-order valence-corrected chi connectivity index (χ0v) is 21.7. The molecular weight excluding hydrogens is 472 g/mol. The minimum atomic E-state index is -0.355. The Balaban J connectivity index is 0.00000408. The topological polar surface area (TPSA) is 114 Å². The van der Waals surface area contributed by atoms with Gasteiger partial charge < -0.3 is 38.7 Å². The number of nitrogens with zero attached hydrogens (tertiary/aromatic N) is 1. The number of ether oxygens (including phenoxy) is 2. The van der Waals surface area contributed by atoms with Gasteiger partial charge in [0.2, 0.25) is 0 Å². The van der Waals surface area contributed by atoms with Crippen LogP contribution in [-0.2, 0) is 4.79 Å². The number of halogens is 1. The van der Waals surface area contributed by atoms with Gasteiger partial charge in [-0.15, -0.1) is 0 Å². The fourth-order valence-corrected chi connectivity index (χ4v) is 4.45. The lowest BCUT2D eigenvalue weighted by atomic mass is 9.99. The molecule has 1 amide bonds. The lowest BCUT2D eigenvalue weighted by Gasteiger charge is -2.15. The molecule has 1 atom stereocenters. The van der Waals surface area contributed by atoms with Gasteiger partial charge in [-0.2, -0.15) is 4.37 Å². The highest BCUT2D eigenvalue weighted by Gasteiger charge is 2.20. The van der Waals surface area contributed by atoms with Crippen molar-refractivity contribution in [1.82, 2.24) is 4.37 Å². The first-order chi connectivity index (χ1) is 15.9. The molecule has 7 nitrogen and oxygen atoms in total. The smallest absolute Gasteiger partial charge is 0.282 e. The average molecular weight is 505 g/mol. The number of benzene rings is 2. The molecule has 0 radical (unpaired) electrons. The molecule has 6 N–H and O–H groups in total. The molecule has 2 aromatic carbocycles. The van der Waals surface area contributed by atoms with E-state index >= 15 is 0 Å². The van der Waals surface area contributed by atoms with Crippen LogP contribution in [0.1, 0.15) is 30.4 Å². The van der Waals surface area contributed by atoms with Gasteiger partial charge in [0, 0.05) is 18.2 Å². The summed E-state index contributed by atoms with van der Waals surface area (Å²) in [6.07, 6.45) is 4.30. The number of quaternary nitrogens is 1. The molecule has 3 aromatic rings. The second kappa shape index (κ2) is 12.7. The minimum Gasteiger partial charge on any atom is -1.00 e. The van der Waals surface area contributed by atoms with Gasteiger partial charge in [0.15, 0.2) is 6.04 Å². The highest BCUT2D eigenvalue weighted by Crippen LogP contribution is 2.40. The van der Waals surface area contributed by atoms with E-state index in [2.05, 4.69) is 35.3 Å². The van der Waals surface area contributed by atoms with E-state index in [9.17, 15) is 4.79 Å². The summed E-state index contributed by atoms with van der Waals surface area (Å²) in [6, 6.07) is 9.60. The predicted octanol–water partition coefficient (Wildman–Crippen LogP) is 0.793. The number of methoxy groups -OCH3 is 2. The van der Waals surface area contributed by atoms with Crippen LogP contribution in [0.5, 0.6) is 11.5 Å². The van der Waals surface area contributed by atoms with Crippen LogP contribution in [0.3, 0.4) is 0 Å². The molecule has 0 saturated carbocycles. The van der Waals surface area contributed by atoms with Crippen LogP contribution >= 0.6 is 11.5 Å². The average Bonchev–Trinajstić information content (AvgIpc) is 3.30. The second-order valence-corrected chi connectivity index (χ2v) is 8.88. The van der Waals surface area contributed by atoms with E-state index in [0.717, 1.165) is 51.3 Å². The SMILES string of the molecule is COc1ccc(-c2cnsc2-c2cc(C)c(C)c(OC)c2)cc1NC(=O)[C@@H]([NH3+])CCCCN.[Cl-]. The van der Waals surface area contributed by atoms with E-state index in [-0.39, 0.29) is 24.4 Å². The molecule has 34 heavy (non-hydrogen) atoms. The first-order valence-corrected chi connectivity index (χ1v) is 11.8. The minimum absolute atomic E-state index is 0. The van der Waals surface area contributed by atoms with Crippen molar-refractivity contribution in [2.24, 2.45) is 5.73 Å². The van der Waals surface area contributed by atoms with E-state index in [1.54, 1.807) is 14.2 Å². The number of amides is 1. The summed E-state index contributed by atoms with van der Waals surface area (Å²) < 4.78 is 15.5.